The van der Waals surface area contributed by atoms with Crippen LogP contribution >= 0.6 is 0 Å². The summed E-state index contributed by atoms with van der Waals surface area (Å²) in [4.78, 5) is 24.0. The first kappa shape index (κ1) is 15.0. The molecule has 0 spiro atoms. The van der Waals surface area contributed by atoms with E-state index in [1.807, 2.05) is 0 Å². The van der Waals surface area contributed by atoms with Gasteiger partial charge < -0.3 is 15.1 Å². The molecule has 1 atom stereocenters. The predicted molar refractivity (Wildman–Crippen MR) is 85.1 cm³/mol. The monoisotopic (exact) mass is 315 g/mol. The molecule has 2 N–H and O–H groups in total. The molecule has 2 heterocycles. The molecule has 0 radical (unpaired) electrons. The van der Waals surface area contributed by atoms with Gasteiger partial charge in [-0.15, -0.1) is 0 Å². The summed E-state index contributed by atoms with van der Waals surface area (Å²) in [6, 6.07) is 4.56. The molecule has 0 saturated carbocycles. The Hall–Kier alpha value is -2.87. The van der Waals surface area contributed by atoms with Crippen LogP contribution in [0.1, 0.15) is 11.6 Å². The van der Waals surface area contributed by atoms with Gasteiger partial charge in [-0.05, 0) is 19.2 Å². The van der Waals surface area contributed by atoms with Crippen LogP contribution in [-0.4, -0.2) is 27.3 Å². The molecule has 0 aliphatic heterocycles. The fourth-order valence-corrected chi connectivity index (χ4v) is 2.46. The van der Waals surface area contributed by atoms with Gasteiger partial charge in [0.05, 0.1) is 11.7 Å². The number of amides is 1. The maximum absolute atomic E-state index is 12.5. The second kappa shape index (κ2) is 5.73. The van der Waals surface area contributed by atoms with E-state index in [1.165, 1.54) is 4.57 Å². The largest absolute Gasteiger partial charge is 0.419 e. The fourth-order valence-electron chi connectivity index (χ4n) is 2.46. The van der Waals surface area contributed by atoms with Crippen LogP contribution in [0.3, 0.4) is 0 Å². The van der Waals surface area contributed by atoms with Gasteiger partial charge >= 0.3 is 5.76 Å². The maximum atomic E-state index is 12.5. The summed E-state index contributed by atoms with van der Waals surface area (Å²) in [6.07, 6.45) is 3.42. The Morgan fingerprint density at radius 1 is 1.35 bits per heavy atom. The predicted octanol–water partition coefficient (Wildman–Crippen LogP) is 0.764. The topological polar surface area (TPSA) is 94.1 Å². The van der Waals surface area contributed by atoms with Gasteiger partial charge in [-0.2, -0.15) is 5.10 Å². The number of anilines is 1. The minimum absolute atomic E-state index is 0.224. The number of oxazole rings is 1. The summed E-state index contributed by atoms with van der Waals surface area (Å²) in [5.41, 5.74) is 2.42. The minimum atomic E-state index is -0.526. The minimum Gasteiger partial charge on any atom is -0.408 e. The van der Waals surface area contributed by atoms with E-state index in [-0.39, 0.29) is 5.91 Å². The Morgan fingerprint density at radius 3 is 2.78 bits per heavy atom. The second-order valence-electron chi connectivity index (χ2n) is 5.27. The van der Waals surface area contributed by atoms with Crippen molar-refractivity contribution in [1.82, 2.24) is 19.7 Å². The number of likely N-dealkylation sites (N-methyl/N-ethyl adjacent to an activating group) is 1. The maximum Gasteiger partial charge on any atom is 0.419 e. The highest BCUT2D eigenvalue weighted by atomic mass is 16.4. The van der Waals surface area contributed by atoms with Gasteiger partial charge in [0.15, 0.2) is 5.58 Å². The summed E-state index contributed by atoms with van der Waals surface area (Å²) in [5.74, 6) is -0.662. The lowest BCUT2D eigenvalue weighted by Gasteiger charge is -2.14. The first-order chi connectivity index (χ1) is 11.0. The quantitative estimate of drug-likeness (QED) is 0.741. The van der Waals surface area contributed by atoms with E-state index in [1.54, 1.807) is 56.4 Å². The molecule has 0 saturated heterocycles. The zero-order chi connectivity index (χ0) is 16.6. The molecule has 0 aliphatic rings. The van der Waals surface area contributed by atoms with E-state index in [4.69, 9.17) is 4.42 Å². The summed E-state index contributed by atoms with van der Waals surface area (Å²) in [7, 11) is 5.13. The number of benzene rings is 1. The van der Waals surface area contributed by atoms with Gasteiger partial charge in [0.2, 0.25) is 5.91 Å². The van der Waals surface area contributed by atoms with Crippen LogP contribution in [0.15, 0.2) is 39.8 Å². The Labute approximate surface area is 131 Å². The number of aryl methyl sites for hydroxylation is 2. The van der Waals surface area contributed by atoms with E-state index in [0.717, 1.165) is 5.56 Å². The van der Waals surface area contributed by atoms with Crippen molar-refractivity contribution < 1.29 is 9.21 Å². The average molecular weight is 315 g/mol. The van der Waals surface area contributed by atoms with Crippen LogP contribution in [0.25, 0.3) is 11.1 Å². The lowest BCUT2D eigenvalue weighted by atomic mass is 10.1. The van der Waals surface area contributed by atoms with Gasteiger partial charge in [0.25, 0.3) is 0 Å². The van der Waals surface area contributed by atoms with Gasteiger partial charge in [-0.1, -0.05) is 0 Å². The number of rotatable bonds is 4. The van der Waals surface area contributed by atoms with Crippen LogP contribution in [0.4, 0.5) is 5.69 Å². The number of aromatic nitrogens is 3. The number of carbonyl (C=O) groups excluding carboxylic acids is 1. The van der Waals surface area contributed by atoms with Crippen molar-refractivity contribution in [2.45, 2.75) is 6.04 Å². The smallest absolute Gasteiger partial charge is 0.408 e. The van der Waals surface area contributed by atoms with Crippen LogP contribution in [0, 0.1) is 0 Å². The third-order valence-electron chi connectivity index (χ3n) is 3.67. The number of hydrogen-bond acceptors (Lipinski definition) is 5. The molecule has 1 unspecified atom stereocenters. The molecule has 3 rings (SSSR count). The van der Waals surface area contributed by atoms with E-state index < -0.39 is 11.8 Å². The van der Waals surface area contributed by atoms with E-state index >= 15 is 0 Å². The molecule has 0 bridgehead atoms. The Morgan fingerprint density at radius 2 is 2.13 bits per heavy atom. The highest BCUT2D eigenvalue weighted by molar-refractivity contribution is 5.96. The summed E-state index contributed by atoms with van der Waals surface area (Å²) in [5, 5.41) is 9.84. The SMILES string of the molecule is CNC(C(=O)Nc1ccc2c(c1)oc(=O)n2C)c1cnn(C)c1. The standard InChI is InChI=1S/C15H17N5O3/c1-16-13(9-7-17-19(2)8-9)14(21)18-10-4-5-11-12(6-10)23-15(22)20(11)3/h4-8,13,16H,1-3H3,(H,18,21). The van der Waals surface area contributed by atoms with Crippen molar-refractivity contribution in [3.05, 3.63) is 46.7 Å². The molecule has 0 aliphatic carbocycles. The number of nitrogens with one attached hydrogen (secondary N) is 2. The zero-order valence-electron chi connectivity index (χ0n) is 13.0. The molecule has 3 aromatic rings. The molecule has 8 heteroatoms. The van der Waals surface area contributed by atoms with Crippen molar-refractivity contribution in [3.63, 3.8) is 0 Å². The Balaban J connectivity index is 1.85. The highest BCUT2D eigenvalue weighted by Crippen LogP contribution is 2.20. The molecule has 0 fully saturated rings. The van der Waals surface area contributed by atoms with Crippen molar-refractivity contribution in [1.29, 1.82) is 0 Å². The van der Waals surface area contributed by atoms with Crippen molar-refractivity contribution in [3.8, 4) is 0 Å². The van der Waals surface area contributed by atoms with Crippen LogP contribution in [0.2, 0.25) is 0 Å². The van der Waals surface area contributed by atoms with Crippen LogP contribution in [-0.2, 0) is 18.9 Å². The third-order valence-corrected chi connectivity index (χ3v) is 3.67. The molecule has 1 aromatic carbocycles. The lowest BCUT2D eigenvalue weighted by molar-refractivity contribution is -0.118. The normalized spacial score (nSPS) is 12.5. The van der Waals surface area contributed by atoms with Gasteiger partial charge in [0.1, 0.15) is 6.04 Å². The molecule has 120 valence electrons. The molecular formula is C15H17N5O3. The summed E-state index contributed by atoms with van der Waals surface area (Å²) >= 11 is 0. The molecule has 8 nitrogen and oxygen atoms in total. The van der Waals surface area contributed by atoms with Gasteiger partial charge in [-0.25, -0.2) is 4.79 Å². The number of carbonyl (C=O) groups is 1. The summed E-state index contributed by atoms with van der Waals surface area (Å²) < 4.78 is 8.17. The number of fused-ring (bicyclic) bond motifs is 1. The molecule has 1 amide bonds. The molecule has 23 heavy (non-hydrogen) atoms. The number of nitrogens with zero attached hydrogens (tertiary/aromatic N) is 3. The second-order valence-corrected chi connectivity index (χ2v) is 5.27. The van der Waals surface area contributed by atoms with Crippen molar-refractivity contribution >= 4 is 22.7 Å². The van der Waals surface area contributed by atoms with Crippen LogP contribution in [0.5, 0.6) is 0 Å². The molecule has 2 aromatic heterocycles. The van der Waals surface area contributed by atoms with E-state index in [0.29, 0.717) is 16.8 Å². The average Bonchev–Trinajstić information content (AvgIpc) is 3.04. The van der Waals surface area contributed by atoms with Crippen molar-refractivity contribution in [2.75, 3.05) is 12.4 Å². The summed E-state index contributed by atoms with van der Waals surface area (Å²) in [6.45, 7) is 0. The van der Waals surface area contributed by atoms with Gasteiger partial charge in [0, 0.05) is 37.6 Å². The highest BCUT2D eigenvalue weighted by Gasteiger charge is 2.20. The Kier molecular flexibility index (Phi) is 3.75. The van der Waals surface area contributed by atoms with E-state index in [9.17, 15) is 9.59 Å². The van der Waals surface area contributed by atoms with Crippen molar-refractivity contribution in [2.24, 2.45) is 14.1 Å². The third kappa shape index (κ3) is 2.76. The first-order valence-electron chi connectivity index (χ1n) is 7.06. The zero-order valence-corrected chi connectivity index (χ0v) is 13.0. The van der Waals surface area contributed by atoms with Gasteiger partial charge in [-0.3, -0.25) is 14.0 Å². The first-order valence-corrected chi connectivity index (χ1v) is 7.06. The molecular weight excluding hydrogens is 298 g/mol. The number of hydrogen-bond donors (Lipinski definition) is 2. The van der Waals surface area contributed by atoms with E-state index in [2.05, 4.69) is 15.7 Å². The van der Waals surface area contributed by atoms with Crippen LogP contribution < -0.4 is 16.4 Å². The fraction of sp³-hybridized carbons (Fsp3) is 0.267. The lowest BCUT2D eigenvalue weighted by Crippen LogP contribution is -2.30. The Bertz CT molecular complexity index is 921.